The van der Waals surface area contributed by atoms with E-state index in [0.29, 0.717) is 36.2 Å². The third-order valence-corrected chi connectivity index (χ3v) is 7.39. The van der Waals surface area contributed by atoms with E-state index < -0.39 is 35.5 Å². The molecule has 1 heterocycles. The van der Waals surface area contributed by atoms with Gasteiger partial charge in [-0.3, -0.25) is 9.29 Å². The predicted molar refractivity (Wildman–Crippen MR) is 158 cm³/mol. The molecule has 4 aromatic rings. The third-order valence-electron chi connectivity index (χ3n) is 6.66. The smallest absolute Gasteiger partial charge is 0.435 e. The fourth-order valence-electron chi connectivity index (χ4n) is 4.68. The summed E-state index contributed by atoms with van der Waals surface area (Å²) in [5.74, 6) is -0.822. The second-order valence-corrected chi connectivity index (χ2v) is 10.8. The number of hydrogen-bond donors (Lipinski definition) is 1. The topological polar surface area (TPSA) is 73.4 Å². The van der Waals surface area contributed by atoms with Crippen molar-refractivity contribution in [3.05, 3.63) is 101 Å². The van der Waals surface area contributed by atoms with Crippen LogP contribution in [-0.2, 0) is 43.3 Å². The average Bonchev–Trinajstić information content (AvgIpc) is 3.37. The second-order valence-electron chi connectivity index (χ2n) is 9.70. The number of aromatic nitrogens is 2. The molecule has 0 radical (unpaired) electrons. The molecule has 0 aliphatic carbocycles. The van der Waals surface area contributed by atoms with Gasteiger partial charge in [-0.05, 0) is 41.8 Å². The van der Waals surface area contributed by atoms with E-state index in [2.05, 4.69) is 9.72 Å². The summed E-state index contributed by atoms with van der Waals surface area (Å²) in [7, 11) is -1.19. The number of rotatable bonds is 13. The first-order valence-electron chi connectivity index (χ1n) is 13.6. The Hall–Kier alpha value is -3.68. The first-order chi connectivity index (χ1) is 21.1. The largest absolute Gasteiger partial charge is 0.460 e. The lowest BCUT2D eigenvalue weighted by Crippen LogP contribution is -2.26. The minimum absolute atomic E-state index is 0.00709. The molecule has 0 bridgehead atoms. The van der Waals surface area contributed by atoms with E-state index in [4.69, 9.17) is 5.14 Å². The van der Waals surface area contributed by atoms with E-state index >= 15 is 0 Å². The van der Waals surface area contributed by atoms with Gasteiger partial charge in [-0.2, -0.15) is 13.2 Å². The van der Waals surface area contributed by atoms with Gasteiger partial charge in [-0.1, -0.05) is 61.9 Å². The normalized spacial score (nSPS) is 12.1. The number of alkyl halides is 5. The van der Waals surface area contributed by atoms with Gasteiger partial charge in [-0.25, -0.2) is 23.1 Å². The van der Waals surface area contributed by atoms with Gasteiger partial charge in [0.1, 0.15) is 16.8 Å². The number of unbranched alkanes of at least 4 members (excludes halogenated alkanes) is 1. The van der Waals surface area contributed by atoms with Crippen LogP contribution in [0.15, 0.2) is 77.7 Å². The van der Waals surface area contributed by atoms with Crippen LogP contribution in [0.4, 0.5) is 26.3 Å². The average molecular weight is 641 g/mol. The molecule has 3 aromatic carbocycles. The summed E-state index contributed by atoms with van der Waals surface area (Å²) in [5, 5.41) is 5.46. The van der Waals surface area contributed by atoms with Crippen molar-refractivity contribution in [3.8, 4) is 17.1 Å². The highest BCUT2D eigenvalue weighted by Gasteiger charge is 2.39. The molecule has 13 heteroatoms. The lowest BCUT2D eigenvalue weighted by molar-refractivity contribution is -0.141. The summed E-state index contributed by atoms with van der Waals surface area (Å²) in [6, 6.07) is 19.3. The molecule has 4 rings (SSSR count). The Bertz CT molecular complexity index is 1500. The van der Waals surface area contributed by atoms with Crippen LogP contribution in [0, 0.1) is 5.82 Å². The molecule has 1 atom stereocenters. The van der Waals surface area contributed by atoms with Crippen molar-refractivity contribution in [2.75, 3.05) is 14.0 Å². The quantitative estimate of drug-likeness (QED) is 0.153. The molecule has 2 N–H and O–H groups in total. The third kappa shape index (κ3) is 9.16. The Morgan fingerprint density at radius 2 is 1.59 bits per heavy atom. The van der Waals surface area contributed by atoms with Crippen molar-refractivity contribution in [2.45, 2.75) is 57.0 Å². The number of nitrogens with two attached hydrogens (primary N) is 1. The van der Waals surface area contributed by atoms with E-state index in [1.54, 1.807) is 64.1 Å². The van der Waals surface area contributed by atoms with E-state index in [-0.39, 0.29) is 36.9 Å². The highest BCUT2D eigenvalue weighted by molar-refractivity contribution is 7.82. The first kappa shape index (κ1) is 34.8. The lowest BCUT2D eigenvalue weighted by Gasteiger charge is -2.25. The molecule has 1 unspecified atom stereocenters. The van der Waals surface area contributed by atoms with Gasteiger partial charge in [0.2, 0.25) is 6.86 Å². The van der Waals surface area contributed by atoms with E-state index in [0.717, 1.165) is 12.0 Å². The van der Waals surface area contributed by atoms with Gasteiger partial charge in [0.25, 0.3) is 0 Å². The highest BCUT2D eigenvalue weighted by Crippen LogP contribution is 2.36. The van der Waals surface area contributed by atoms with Crippen molar-refractivity contribution in [3.63, 3.8) is 0 Å². The fraction of sp³-hybridized carbons (Fsp3) is 0.323. The molecule has 0 amide bonds. The molecule has 0 aliphatic heterocycles. The van der Waals surface area contributed by atoms with E-state index in [1.807, 2.05) is 6.92 Å². The van der Waals surface area contributed by atoms with Gasteiger partial charge in [0, 0.05) is 31.7 Å². The summed E-state index contributed by atoms with van der Waals surface area (Å²) in [6.07, 6.45) is -3.32. The molecule has 0 spiro atoms. The first-order valence-corrected chi connectivity index (χ1v) is 14.9. The van der Waals surface area contributed by atoms with Gasteiger partial charge in [-0.15, -0.1) is 0 Å². The molecule has 44 heavy (non-hydrogen) atoms. The minimum atomic E-state index is -4.72. The summed E-state index contributed by atoms with van der Waals surface area (Å²) in [5.41, 5.74) is 0.753. The van der Waals surface area contributed by atoms with Crippen LogP contribution in [-0.4, -0.2) is 32.7 Å². The number of halogens is 6. The van der Waals surface area contributed by atoms with Crippen LogP contribution < -0.4 is 9.88 Å². The Morgan fingerprint density at radius 1 is 0.955 bits per heavy atom. The minimum Gasteiger partial charge on any atom is -0.460 e. The molecule has 0 fully saturated rings. The van der Waals surface area contributed by atoms with Gasteiger partial charge in [0.15, 0.2) is 17.3 Å². The molecule has 0 saturated carbocycles. The number of benzene rings is 3. The molecule has 0 aliphatic rings. The molecule has 238 valence electrons. The Labute approximate surface area is 255 Å². The zero-order valence-electron chi connectivity index (χ0n) is 24.3. The second kappa shape index (κ2) is 16.4. The van der Waals surface area contributed by atoms with Crippen molar-refractivity contribution in [1.29, 1.82) is 0 Å². The Balaban J connectivity index is 0.00000259. The molecule has 6 nitrogen and oxygen atoms in total. The van der Waals surface area contributed by atoms with E-state index in [1.165, 1.54) is 18.2 Å². The Kier molecular flexibility index (Phi) is 13.0. The van der Waals surface area contributed by atoms with Crippen molar-refractivity contribution in [1.82, 2.24) is 14.5 Å². The standard InChI is InChI=1S/C30H31F5N4O2S.CH3F/c1-2-3-15-39-26(28(30(33,34)35)37-29(39)23-7-5-4-6-8-23)19-38(17-21-9-12-24(13-10-21)42(36)40)18-22-11-14-27(41-20-31)25(32)16-22;1-2/h4-14,16H,2-3,15,17-20,36H2,1H3;1H3. The van der Waals surface area contributed by atoms with Crippen LogP contribution in [0.3, 0.4) is 0 Å². The lowest BCUT2D eigenvalue weighted by atomic mass is 10.1. The molecular formula is C31H34F6N4O2S. The number of ether oxygens (including phenoxy) is 1. The zero-order valence-corrected chi connectivity index (χ0v) is 25.1. The summed E-state index contributed by atoms with van der Waals surface area (Å²) in [4.78, 5) is 6.24. The van der Waals surface area contributed by atoms with Crippen molar-refractivity contribution < 1.29 is 35.3 Å². The van der Waals surface area contributed by atoms with Crippen molar-refractivity contribution in [2.24, 2.45) is 5.14 Å². The Morgan fingerprint density at radius 3 is 2.16 bits per heavy atom. The van der Waals surface area contributed by atoms with Crippen molar-refractivity contribution >= 4 is 11.0 Å². The fourth-order valence-corrected chi connectivity index (χ4v) is 5.09. The van der Waals surface area contributed by atoms with Gasteiger partial charge in [0.05, 0.1) is 17.8 Å². The summed E-state index contributed by atoms with van der Waals surface area (Å²) >= 11 is 0. The summed E-state index contributed by atoms with van der Waals surface area (Å²) < 4.78 is 97.9. The maximum Gasteiger partial charge on any atom is 0.435 e. The number of nitrogens with zero attached hydrogens (tertiary/aromatic N) is 3. The highest BCUT2D eigenvalue weighted by atomic mass is 32.2. The number of imidazole rings is 1. The molecule has 1 aromatic heterocycles. The molecular weight excluding hydrogens is 606 g/mol. The maximum atomic E-state index is 14.6. The van der Waals surface area contributed by atoms with E-state index in [9.17, 15) is 30.6 Å². The van der Waals surface area contributed by atoms with Gasteiger partial charge >= 0.3 is 6.18 Å². The maximum absolute atomic E-state index is 14.6. The van der Waals surface area contributed by atoms with Crippen LogP contribution in [0.5, 0.6) is 5.75 Å². The van der Waals surface area contributed by atoms with Crippen LogP contribution in [0.1, 0.15) is 42.3 Å². The van der Waals surface area contributed by atoms with Crippen LogP contribution >= 0.6 is 0 Å². The molecule has 0 saturated heterocycles. The monoisotopic (exact) mass is 640 g/mol. The SMILES string of the molecule is CCCCn1c(-c2ccccc2)nc(C(F)(F)F)c1CN(Cc1ccc(S(N)=O)cc1)Cc1ccc(OCF)c(F)c1.CF. The van der Waals surface area contributed by atoms with Crippen LogP contribution in [0.25, 0.3) is 11.4 Å². The predicted octanol–water partition coefficient (Wildman–Crippen LogP) is 7.58. The van der Waals surface area contributed by atoms with Gasteiger partial charge < -0.3 is 9.30 Å². The zero-order chi connectivity index (χ0) is 32.3. The summed E-state index contributed by atoms with van der Waals surface area (Å²) in [6.45, 7) is 1.17. The number of hydrogen-bond acceptors (Lipinski definition) is 4. The van der Waals surface area contributed by atoms with Crippen LogP contribution in [0.2, 0.25) is 0 Å².